The van der Waals surface area contributed by atoms with Gasteiger partial charge in [0.25, 0.3) is 0 Å². The van der Waals surface area contributed by atoms with Crippen molar-refractivity contribution >= 4 is 11.5 Å². The minimum atomic E-state index is -0.458. The van der Waals surface area contributed by atoms with Gasteiger partial charge in [-0.05, 0) is 30.2 Å². The Bertz CT molecular complexity index is 449. The molecule has 0 saturated heterocycles. The van der Waals surface area contributed by atoms with Gasteiger partial charge in [-0.15, -0.1) is 0 Å². The van der Waals surface area contributed by atoms with Crippen LogP contribution in [0, 0.1) is 6.92 Å². The molecule has 0 fully saturated rings. The molecule has 1 rings (SSSR count). The molecule has 1 aromatic rings. The average molecular weight is 236 g/mol. The van der Waals surface area contributed by atoms with Crippen LogP contribution in [0.25, 0.3) is 5.57 Å². The molecule has 4 heteroatoms. The maximum absolute atomic E-state index is 11.4. The van der Waals surface area contributed by atoms with Crippen LogP contribution in [-0.2, 0) is 9.53 Å². The third kappa shape index (κ3) is 2.58. The van der Waals surface area contributed by atoms with E-state index in [0.717, 1.165) is 5.56 Å². The highest BCUT2D eigenvalue weighted by atomic mass is 16.5. The number of hydrogen-bond donors (Lipinski definition) is 0. The summed E-state index contributed by atoms with van der Waals surface area (Å²) in [5, 5.41) is 0. The summed E-state index contributed by atoms with van der Waals surface area (Å²) < 4.78 is 15.0. The number of ether oxygens (including phenoxy) is 3. The number of aryl methyl sites for hydroxylation is 1. The van der Waals surface area contributed by atoms with Crippen molar-refractivity contribution in [3.8, 4) is 11.5 Å². The molecule has 0 aliphatic heterocycles. The molecular weight excluding hydrogens is 220 g/mol. The molecule has 4 nitrogen and oxygen atoms in total. The van der Waals surface area contributed by atoms with Crippen molar-refractivity contribution in [2.24, 2.45) is 0 Å². The summed E-state index contributed by atoms with van der Waals surface area (Å²) in [5.74, 6) is 0.713. The highest BCUT2D eigenvalue weighted by Crippen LogP contribution is 2.33. The largest absolute Gasteiger partial charge is 0.493 e. The minimum Gasteiger partial charge on any atom is -0.493 e. The maximum Gasteiger partial charge on any atom is 0.337 e. The topological polar surface area (TPSA) is 44.8 Å². The van der Waals surface area contributed by atoms with Crippen LogP contribution in [0.15, 0.2) is 18.7 Å². The first-order chi connectivity index (χ1) is 8.04. The van der Waals surface area contributed by atoms with Crippen LogP contribution in [0.1, 0.15) is 11.1 Å². The lowest BCUT2D eigenvalue weighted by Crippen LogP contribution is -2.05. The second-order valence-corrected chi connectivity index (χ2v) is 3.49. The van der Waals surface area contributed by atoms with Gasteiger partial charge in [0, 0.05) is 0 Å². The first-order valence-electron chi connectivity index (χ1n) is 5.05. The zero-order valence-electron chi connectivity index (χ0n) is 10.5. The van der Waals surface area contributed by atoms with E-state index in [2.05, 4.69) is 11.3 Å². The van der Waals surface area contributed by atoms with Gasteiger partial charge in [-0.3, -0.25) is 0 Å². The normalized spacial score (nSPS) is 9.65. The third-order valence-electron chi connectivity index (χ3n) is 2.49. The standard InChI is InChI=1S/C13H16O4/c1-8-6-11(15-3)12(16-4)7-10(8)9(2)13(14)17-5/h6-7H,2H2,1,3-5H3. The molecule has 92 valence electrons. The van der Waals surface area contributed by atoms with Crippen LogP contribution < -0.4 is 9.47 Å². The smallest absolute Gasteiger partial charge is 0.337 e. The summed E-state index contributed by atoms with van der Waals surface area (Å²) in [6.45, 7) is 5.58. The number of carbonyl (C=O) groups is 1. The summed E-state index contributed by atoms with van der Waals surface area (Å²) in [6, 6.07) is 3.51. The first-order valence-corrected chi connectivity index (χ1v) is 5.05. The summed E-state index contributed by atoms with van der Waals surface area (Å²) in [7, 11) is 4.42. The molecule has 0 N–H and O–H groups in total. The average Bonchev–Trinajstić information content (AvgIpc) is 2.36. The Morgan fingerprint density at radius 1 is 1.12 bits per heavy atom. The molecule has 0 amide bonds. The summed E-state index contributed by atoms with van der Waals surface area (Å²) in [5.41, 5.74) is 1.86. The molecule has 0 bridgehead atoms. The zero-order valence-corrected chi connectivity index (χ0v) is 10.5. The number of carbonyl (C=O) groups excluding carboxylic acids is 1. The Hall–Kier alpha value is -1.97. The van der Waals surface area contributed by atoms with E-state index in [9.17, 15) is 4.79 Å². The van der Waals surface area contributed by atoms with Crippen LogP contribution >= 0.6 is 0 Å². The van der Waals surface area contributed by atoms with E-state index in [-0.39, 0.29) is 0 Å². The SMILES string of the molecule is C=C(C(=O)OC)c1cc(OC)c(OC)cc1C. The van der Waals surface area contributed by atoms with Gasteiger partial charge in [-0.1, -0.05) is 6.58 Å². The van der Waals surface area contributed by atoms with E-state index < -0.39 is 5.97 Å². The fourth-order valence-corrected chi connectivity index (χ4v) is 1.54. The summed E-state index contributed by atoms with van der Waals surface area (Å²) in [6.07, 6.45) is 0. The fraction of sp³-hybridized carbons (Fsp3) is 0.308. The molecule has 0 radical (unpaired) electrons. The zero-order chi connectivity index (χ0) is 13.0. The molecular formula is C13H16O4. The van der Waals surface area contributed by atoms with E-state index in [1.165, 1.54) is 14.2 Å². The summed E-state index contributed by atoms with van der Waals surface area (Å²) >= 11 is 0. The van der Waals surface area contributed by atoms with Crippen molar-refractivity contribution < 1.29 is 19.0 Å². The number of hydrogen-bond acceptors (Lipinski definition) is 4. The Morgan fingerprint density at radius 2 is 1.65 bits per heavy atom. The molecule has 0 aromatic heterocycles. The molecule has 0 aliphatic carbocycles. The molecule has 0 saturated carbocycles. The minimum absolute atomic E-state index is 0.297. The quantitative estimate of drug-likeness (QED) is 0.594. The molecule has 0 atom stereocenters. The van der Waals surface area contributed by atoms with Gasteiger partial charge in [0.1, 0.15) is 0 Å². The predicted molar refractivity (Wildman–Crippen MR) is 65.3 cm³/mol. The van der Waals surface area contributed by atoms with Gasteiger partial charge in [0.15, 0.2) is 11.5 Å². The van der Waals surface area contributed by atoms with E-state index in [0.29, 0.717) is 22.6 Å². The van der Waals surface area contributed by atoms with Gasteiger partial charge in [0.2, 0.25) is 0 Å². The summed E-state index contributed by atoms with van der Waals surface area (Å²) in [4.78, 5) is 11.4. The second-order valence-electron chi connectivity index (χ2n) is 3.49. The Labute approximate surface area is 101 Å². The van der Waals surface area contributed by atoms with Gasteiger partial charge >= 0.3 is 5.97 Å². The molecule has 0 heterocycles. The fourth-order valence-electron chi connectivity index (χ4n) is 1.54. The maximum atomic E-state index is 11.4. The molecule has 0 spiro atoms. The van der Waals surface area contributed by atoms with E-state index in [4.69, 9.17) is 9.47 Å². The molecule has 0 aliphatic rings. The molecule has 0 unspecified atom stereocenters. The monoisotopic (exact) mass is 236 g/mol. The van der Waals surface area contributed by atoms with Crippen molar-refractivity contribution in [3.05, 3.63) is 29.8 Å². The Kier molecular flexibility index (Phi) is 4.15. The van der Waals surface area contributed by atoms with Crippen molar-refractivity contribution in [1.82, 2.24) is 0 Å². The number of rotatable bonds is 4. The molecule has 17 heavy (non-hydrogen) atoms. The van der Waals surface area contributed by atoms with Gasteiger partial charge in [0.05, 0.1) is 26.9 Å². The van der Waals surface area contributed by atoms with Crippen LogP contribution in [0.3, 0.4) is 0 Å². The van der Waals surface area contributed by atoms with Gasteiger partial charge in [-0.25, -0.2) is 4.79 Å². The third-order valence-corrected chi connectivity index (χ3v) is 2.49. The molecule has 1 aromatic carbocycles. The Morgan fingerprint density at radius 3 is 2.12 bits per heavy atom. The van der Waals surface area contributed by atoms with Gasteiger partial charge < -0.3 is 14.2 Å². The van der Waals surface area contributed by atoms with Crippen molar-refractivity contribution in [1.29, 1.82) is 0 Å². The van der Waals surface area contributed by atoms with E-state index >= 15 is 0 Å². The van der Waals surface area contributed by atoms with Gasteiger partial charge in [-0.2, -0.15) is 0 Å². The lowest BCUT2D eigenvalue weighted by Gasteiger charge is -2.13. The lowest BCUT2D eigenvalue weighted by atomic mass is 10.0. The van der Waals surface area contributed by atoms with Crippen molar-refractivity contribution in [3.63, 3.8) is 0 Å². The van der Waals surface area contributed by atoms with Crippen molar-refractivity contribution in [2.75, 3.05) is 21.3 Å². The number of benzene rings is 1. The van der Waals surface area contributed by atoms with Crippen LogP contribution in [0.4, 0.5) is 0 Å². The van der Waals surface area contributed by atoms with E-state index in [1.807, 2.05) is 6.92 Å². The Balaban J connectivity index is 3.26. The number of esters is 1. The highest BCUT2D eigenvalue weighted by molar-refractivity contribution is 6.16. The number of methoxy groups -OCH3 is 3. The van der Waals surface area contributed by atoms with Crippen LogP contribution in [0.2, 0.25) is 0 Å². The van der Waals surface area contributed by atoms with Crippen molar-refractivity contribution in [2.45, 2.75) is 6.92 Å². The second kappa shape index (κ2) is 5.39. The predicted octanol–water partition coefficient (Wildman–Crippen LogP) is 2.20. The highest BCUT2D eigenvalue weighted by Gasteiger charge is 2.15. The first kappa shape index (κ1) is 13.1. The van der Waals surface area contributed by atoms with Crippen LogP contribution in [-0.4, -0.2) is 27.3 Å². The van der Waals surface area contributed by atoms with E-state index in [1.54, 1.807) is 19.2 Å². The lowest BCUT2D eigenvalue weighted by molar-refractivity contribution is -0.133. The van der Waals surface area contributed by atoms with Crippen LogP contribution in [0.5, 0.6) is 11.5 Å².